The molecule has 0 aromatic heterocycles. The van der Waals surface area contributed by atoms with Crippen LogP contribution in [0.25, 0.3) is 32.3 Å². The molecule has 0 radical (unpaired) electrons. The molecule has 20 rings (SSSR count). The van der Waals surface area contributed by atoms with E-state index in [-0.39, 0.29) is 20.1 Å². The van der Waals surface area contributed by atoms with Crippen molar-refractivity contribution in [2.75, 3.05) is 9.80 Å². The molecule has 5 nitrogen and oxygen atoms in total. The first-order valence-electron chi connectivity index (χ1n) is 30.3. The van der Waals surface area contributed by atoms with Gasteiger partial charge in [-0.1, -0.05) is 203 Å². The number of fused-ring (bicyclic) bond motifs is 20. The molecule has 11 heteroatoms. The fourth-order valence-electron chi connectivity index (χ4n) is 15.3. The molecule has 412 valence electrons. The normalized spacial score (nSPS) is 13.7. The van der Waals surface area contributed by atoms with Gasteiger partial charge in [0.15, 0.2) is 0 Å². The van der Waals surface area contributed by atoms with Crippen LogP contribution in [0.5, 0.6) is 34.5 Å². The van der Waals surface area contributed by atoms with Crippen molar-refractivity contribution in [2.45, 2.75) is 29.4 Å². The molecule has 89 heavy (non-hydrogen) atoms. The number of hydrogen-bond donors (Lipinski definition) is 0. The second-order valence-corrected chi connectivity index (χ2v) is 26.9. The SMILES string of the molecule is c1ccc(N(c2ccccc2)c2ccc3c(c2)Sc2cccc4c2B3c2ccc3c5ccc6c(c5c5cc7c(cc5c3c2O4)Oc2cccc3c2B7c2ccccc2S3)Oc2cccc3c2B6c2ccc(N(c4ccccc4)c4ccccc4)cc2S3)cc1. The zero-order valence-corrected chi connectivity index (χ0v) is 50.0. The Morgan fingerprint density at radius 2 is 0.607 bits per heavy atom. The van der Waals surface area contributed by atoms with Crippen molar-refractivity contribution in [3.05, 3.63) is 273 Å². The van der Waals surface area contributed by atoms with Gasteiger partial charge in [-0.15, -0.1) is 0 Å². The lowest BCUT2D eigenvalue weighted by Crippen LogP contribution is -2.58. The fraction of sp³-hybridized carbons (Fsp3) is 0. The van der Waals surface area contributed by atoms with E-state index in [4.69, 9.17) is 14.2 Å². The highest BCUT2D eigenvalue weighted by Gasteiger charge is 2.45. The highest BCUT2D eigenvalue weighted by Crippen LogP contribution is 2.50. The summed E-state index contributed by atoms with van der Waals surface area (Å²) in [6.07, 6.45) is 0. The van der Waals surface area contributed by atoms with Crippen LogP contribution in [0.15, 0.2) is 302 Å². The number of anilines is 6. The molecule has 14 aromatic rings. The van der Waals surface area contributed by atoms with E-state index in [1.54, 1.807) is 0 Å². The molecule has 0 amide bonds. The Balaban J connectivity index is 0.825. The first-order valence-corrected chi connectivity index (χ1v) is 32.7. The zero-order valence-electron chi connectivity index (χ0n) is 47.6. The third kappa shape index (κ3) is 7.41. The molecule has 0 fully saturated rings. The first kappa shape index (κ1) is 50.1. The minimum atomic E-state index is -0.0857. The summed E-state index contributed by atoms with van der Waals surface area (Å²) < 4.78 is 22.4. The number of nitrogens with zero attached hydrogens (tertiary/aromatic N) is 2. The van der Waals surface area contributed by atoms with E-state index in [2.05, 4.69) is 283 Å². The molecule has 6 aliphatic rings. The number of benzene rings is 14. The topological polar surface area (TPSA) is 34.2 Å². The van der Waals surface area contributed by atoms with Crippen LogP contribution in [0, 0.1) is 0 Å². The maximum absolute atomic E-state index is 7.57. The van der Waals surface area contributed by atoms with E-state index in [9.17, 15) is 0 Å². The van der Waals surface area contributed by atoms with Crippen LogP contribution in [-0.4, -0.2) is 20.1 Å². The van der Waals surface area contributed by atoms with E-state index in [0.717, 1.165) is 117 Å². The van der Waals surface area contributed by atoms with Crippen molar-refractivity contribution in [1.29, 1.82) is 0 Å². The van der Waals surface area contributed by atoms with Crippen LogP contribution in [0.1, 0.15) is 0 Å². The lowest BCUT2D eigenvalue weighted by Gasteiger charge is -2.36. The smallest absolute Gasteiger partial charge is 0.253 e. The largest absolute Gasteiger partial charge is 0.458 e. The first-order chi connectivity index (χ1) is 44.1. The summed E-state index contributed by atoms with van der Waals surface area (Å²) in [7, 11) is 0. The highest BCUT2D eigenvalue weighted by atomic mass is 32.2. The average Bonchev–Trinajstić information content (AvgIpc) is 0.749. The monoisotopic (exact) mass is 1190 g/mol. The van der Waals surface area contributed by atoms with Crippen molar-refractivity contribution in [1.82, 2.24) is 0 Å². The number of rotatable bonds is 6. The molecule has 0 bridgehead atoms. The summed E-state index contributed by atoms with van der Waals surface area (Å²) in [5.41, 5.74) is 17.6. The quantitative estimate of drug-likeness (QED) is 0.120. The third-order valence-electron chi connectivity index (χ3n) is 19.0. The van der Waals surface area contributed by atoms with Gasteiger partial charge in [-0.2, -0.15) is 0 Å². The predicted octanol–water partition coefficient (Wildman–Crippen LogP) is 15.3. The summed E-state index contributed by atoms with van der Waals surface area (Å²) in [5.74, 6) is 5.31. The summed E-state index contributed by atoms with van der Waals surface area (Å²) in [6.45, 7) is -0.214. The maximum Gasteiger partial charge on any atom is 0.253 e. The molecule has 6 aliphatic heterocycles. The van der Waals surface area contributed by atoms with Gasteiger partial charge in [-0.3, -0.25) is 0 Å². The molecule has 0 aliphatic carbocycles. The van der Waals surface area contributed by atoms with Gasteiger partial charge in [0.05, 0.1) is 0 Å². The van der Waals surface area contributed by atoms with E-state index < -0.39 is 0 Å². The summed E-state index contributed by atoms with van der Waals surface area (Å²) in [6, 6.07) is 99.8. The minimum absolute atomic E-state index is 0.0452. The van der Waals surface area contributed by atoms with Crippen LogP contribution >= 0.6 is 35.3 Å². The van der Waals surface area contributed by atoms with Crippen molar-refractivity contribution in [2.24, 2.45) is 0 Å². The minimum Gasteiger partial charge on any atom is -0.458 e. The third-order valence-corrected chi connectivity index (χ3v) is 22.4. The molecular weight excluding hydrogens is 1140 g/mol. The molecule has 0 unspecified atom stereocenters. The number of ether oxygens (including phenoxy) is 3. The number of para-hydroxylation sites is 4. The maximum atomic E-state index is 7.57. The van der Waals surface area contributed by atoms with Crippen molar-refractivity contribution in [3.8, 4) is 34.5 Å². The Hall–Kier alpha value is -9.90. The average molecular weight is 1190 g/mol. The Bertz CT molecular complexity index is 5310. The Morgan fingerprint density at radius 3 is 1.08 bits per heavy atom. The predicted molar refractivity (Wildman–Crippen MR) is 374 cm³/mol. The molecule has 0 saturated heterocycles. The number of hydrogen-bond acceptors (Lipinski definition) is 8. The van der Waals surface area contributed by atoms with Crippen LogP contribution in [0.4, 0.5) is 34.1 Å². The van der Waals surface area contributed by atoms with Gasteiger partial charge in [0.2, 0.25) is 0 Å². The van der Waals surface area contributed by atoms with Gasteiger partial charge < -0.3 is 24.0 Å². The van der Waals surface area contributed by atoms with Gasteiger partial charge in [-0.25, -0.2) is 0 Å². The van der Waals surface area contributed by atoms with E-state index >= 15 is 0 Å². The van der Waals surface area contributed by atoms with E-state index in [0.29, 0.717) is 0 Å². The molecular formula is C78H45B3N2O3S3. The van der Waals surface area contributed by atoms with Crippen molar-refractivity contribution in [3.63, 3.8) is 0 Å². The van der Waals surface area contributed by atoms with E-state index in [1.807, 2.05) is 35.3 Å². The highest BCUT2D eigenvalue weighted by molar-refractivity contribution is 8.00. The summed E-state index contributed by atoms with van der Waals surface area (Å²) in [5, 5.41) is 6.53. The summed E-state index contributed by atoms with van der Waals surface area (Å²) in [4.78, 5) is 12.1. The molecule has 0 saturated carbocycles. The molecule has 6 heterocycles. The van der Waals surface area contributed by atoms with Gasteiger partial charge >= 0.3 is 0 Å². The second kappa shape index (κ2) is 19.3. The van der Waals surface area contributed by atoms with Crippen LogP contribution in [-0.2, 0) is 0 Å². The fourth-order valence-corrected chi connectivity index (χ4v) is 18.8. The molecule has 14 aromatic carbocycles. The Morgan fingerprint density at radius 1 is 0.236 bits per heavy atom. The Labute approximate surface area is 528 Å². The van der Waals surface area contributed by atoms with Crippen LogP contribution in [0.3, 0.4) is 0 Å². The van der Waals surface area contributed by atoms with E-state index in [1.165, 1.54) is 62.1 Å². The van der Waals surface area contributed by atoms with Crippen molar-refractivity contribution < 1.29 is 14.2 Å². The van der Waals surface area contributed by atoms with Gasteiger partial charge in [-0.05, 0) is 176 Å². The Kier molecular flexibility index (Phi) is 10.9. The van der Waals surface area contributed by atoms with Crippen LogP contribution < -0.4 is 73.2 Å². The molecule has 0 spiro atoms. The van der Waals surface area contributed by atoms with Crippen LogP contribution in [0.2, 0.25) is 0 Å². The standard InChI is InChI=1S/C78H45B3N2O3S3/c1-5-18-46(19-6-1)82(47-20-7-2-8-21-47)50-34-38-57-70(42-50)88-68-32-16-28-63-75(68)79(57)59-40-36-52-53-37-41-60-78(73(53)55-45-65-61(44-54(55)72(52)77(59)85-63)81-56-26-13-14-30-66(56)87-67-31-15-27-62(84-65)74(67)81)86-64-29-17-33-69-76(64)80(60)58-39-35-51(43-71(58)89-69)83(48-22-9-3-10-23-48)49-24-11-4-12-25-49/h1-45H. The summed E-state index contributed by atoms with van der Waals surface area (Å²) >= 11 is 5.51. The van der Waals surface area contributed by atoms with Crippen molar-refractivity contribution >= 4 is 171 Å². The van der Waals surface area contributed by atoms with Gasteiger partial charge in [0.1, 0.15) is 34.5 Å². The van der Waals surface area contributed by atoms with Gasteiger partial charge in [0, 0.05) is 74.3 Å². The zero-order chi connectivity index (χ0) is 58.0. The second-order valence-electron chi connectivity index (χ2n) is 23.7. The molecule has 0 N–H and O–H groups in total. The lowest BCUT2D eigenvalue weighted by molar-refractivity contribution is 0.486. The lowest BCUT2D eigenvalue weighted by atomic mass is 9.35. The molecule has 0 atom stereocenters. The van der Waals surface area contributed by atoms with Gasteiger partial charge in [0.25, 0.3) is 20.1 Å².